The van der Waals surface area contributed by atoms with Gasteiger partial charge in [-0.05, 0) is 190 Å². The van der Waals surface area contributed by atoms with E-state index in [1.54, 1.807) is 0 Å². The summed E-state index contributed by atoms with van der Waals surface area (Å²) in [5, 5.41) is 4.66. The summed E-state index contributed by atoms with van der Waals surface area (Å²) in [6, 6.07) is 77.8. The summed E-state index contributed by atoms with van der Waals surface area (Å²) in [6.45, 7) is 13.5. The number of para-hydroxylation sites is 1. The van der Waals surface area contributed by atoms with E-state index in [9.17, 15) is 0 Å². The lowest BCUT2D eigenvalue weighted by Crippen LogP contribution is -2.61. The number of unbranched alkanes of at least 4 members (excludes halogenated alkanes) is 2. The van der Waals surface area contributed by atoms with E-state index < -0.39 is 0 Å². The molecule has 3 heterocycles. The highest BCUT2D eigenvalue weighted by molar-refractivity contribution is 6.94. The molecule has 0 aliphatic carbocycles. The Bertz CT molecular complexity index is 3910. The first-order valence-corrected chi connectivity index (χ1v) is 27.6. The third-order valence-corrected chi connectivity index (χ3v) is 16.2. The summed E-state index contributed by atoms with van der Waals surface area (Å²) in [5.41, 5.74) is 23.3. The molecule has 10 aromatic carbocycles. The molecule has 0 saturated heterocycles. The van der Waals surface area contributed by atoms with E-state index in [0.29, 0.717) is 0 Å². The molecule has 11 aromatic rings. The monoisotopic (exact) mass is 986 g/mol. The minimum Gasteiger partial charge on any atom is -0.454 e. The van der Waals surface area contributed by atoms with Gasteiger partial charge in [-0.25, -0.2) is 0 Å². The smallest absolute Gasteiger partial charge is 0.333 e. The second-order valence-corrected chi connectivity index (χ2v) is 22.3. The van der Waals surface area contributed by atoms with E-state index in [4.69, 9.17) is 4.42 Å². The van der Waals surface area contributed by atoms with Crippen molar-refractivity contribution in [3.05, 3.63) is 229 Å². The van der Waals surface area contributed by atoms with Gasteiger partial charge in [0.05, 0.1) is 5.69 Å². The molecule has 0 amide bonds. The van der Waals surface area contributed by atoms with E-state index in [2.05, 4.69) is 262 Å². The summed E-state index contributed by atoms with van der Waals surface area (Å²) in [7, 11) is 0. The number of aryl methyl sites for hydroxylation is 3. The van der Waals surface area contributed by atoms with Gasteiger partial charge in [-0.15, -0.1) is 0 Å². The predicted molar refractivity (Wildman–Crippen MR) is 326 cm³/mol. The van der Waals surface area contributed by atoms with Gasteiger partial charge in [-0.1, -0.05) is 163 Å². The van der Waals surface area contributed by atoms with Gasteiger partial charge in [-0.2, -0.15) is 0 Å². The van der Waals surface area contributed by atoms with Crippen LogP contribution in [0.3, 0.4) is 0 Å². The van der Waals surface area contributed by atoms with Gasteiger partial charge in [0.15, 0.2) is 5.58 Å². The fraction of sp³-hybridized carbons (Fsp3) is 0.183. The zero-order chi connectivity index (χ0) is 51.7. The fourth-order valence-electron chi connectivity index (χ4n) is 12.2. The van der Waals surface area contributed by atoms with Crippen LogP contribution in [0.4, 0.5) is 45.5 Å². The Morgan fingerprint density at radius 3 is 1.79 bits per heavy atom. The lowest BCUT2D eigenvalue weighted by atomic mass is 9.43. The van der Waals surface area contributed by atoms with Gasteiger partial charge < -0.3 is 19.0 Å². The normalized spacial score (nSPS) is 12.8. The highest BCUT2D eigenvalue weighted by atomic mass is 16.3. The number of furan rings is 1. The second-order valence-electron chi connectivity index (χ2n) is 22.3. The van der Waals surface area contributed by atoms with Gasteiger partial charge in [0, 0.05) is 56.1 Å². The zero-order valence-corrected chi connectivity index (χ0v) is 44.7. The van der Waals surface area contributed by atoms with E-state index in [1.807, 2.05) is 0 Å². The van der Waals surface area contributed by atoms with E-state index in [0.717, 1.165) is 74.6 Å². The Balaban J connectivity index is 1.13. The third kappa shape index (κ3) is 8.16. The van der Waals surface area contributed by atoms with Crippen molar-refractivity contribution in [1.82, 2.24) is 0 Å². The molecule has 5 heteroatoms. The molecule has 2 aliphatic heterocycles. The van der Waals surface area contributed by atoms with Crippen molar-refractivity contribution in [1.29, 1.82) is 0 Å². The molecule has 13 rings (SSSR count). The van der Waals surface area contributed by atoms with E-state index in [1.165, 1.54) is 97.6 Å². The van der Waals surface area contributed by atoms with Crippen LogP contribution in [0.2, 0.25) is 0 Å². The summed E-state index contributed by atoms with van der Waals surface area (Å²) < 4.78 is 7.25. The Labute approximate surface area is 449 Å². The van der Waals surface area contributed by atoms with Crippen molar-refractivity contribution < 1.29 is 4.42 Å². The minimum atomic E-state index is -0.249. The van der Waals surface area contributed by atoms with Crippen LogP contribution in [-0.4, -0.2) is 6.85 Å². The standard InChI is InChI=1S/C71H64BN3O/c1-7-9-18-48-26-33-55(34-27-48)73(56-35-28-49(29-36-56)19-10-8-2)58-39-41-65-63(45-58)72-68-61(60-43-51-22-14-15-23-52(51)44-66(60)75(72)57-37-31-54(32-38-57)71(4,5)6)46-62-59-24-16-17-25-67(59)76-70(62)69(68)74(65)64-40-30-53(42-47(64)3)50-20-12-11-13-21-50/h11-17,20-46H,7-10,18-19H2,1-6H3. The average Bonchev–Trinajstić information content (AvgIpc) is 3.90. The van der Waals surface area contributed by atoms with Crippen molar-refractivity contribution in [2.24, 2.45) is 0 Å². The maximum Gasteiger partial charge on any atom is 0.333 e. The molecule has 372 valence electrons. The van der Waals surface area contributed by atoms with Gasteiger partial charge in [-0.3, -0.25) is 0 Å². The number of benzene rings is 10. The molecular weight excluding hydrogens is 922 g/mol. The van der Waals surface area contributed by atoms with Crippen molar-refractivity contribution in [3.8, 4) is 22.3 Å². The molecular formula is C71H64BN3O. The van der Waals surface area contributed by atoms with Gasteiger partial charge in [0.1, 0.15) is 5.58 Å². The number of nitrogens with zero attached hydrogens (tertiary/aromatic N) is 3. The van der Waals surface area contributed by atoms with Crippen molar-refractivity contribution in [2.45, 2.75) is 85.5 Å². The lowest BCUT2D eigenvalue weighted by Gasteiger charge is -2.46. The maximum absolute atomic E-state index is 7.25. The summed E-state index contributed by atoms with van der Waals surface area (Å²) in [4.78, 5) is 7.67. The topological polar surface area (TPSA) is 22.9 Å². The molecule has 0 atom stereocenters. The molecule has 0 bridgehead atoms. The summed E-state index contributed by atoms with van der Waals surface area (Å²) in [6.07, 6.45) is 6.86. The first-order valence-electron chi connectivity index (χ1n) is 27.6. The fourth-order valence-corrected chi connectivity index (χ4v) is 12.2. The van der Waals surface area contributed by atoms with E-state index in [-0.39, 0.29) is 12.3 Å². The van der Waals surface area contributed by atoms with Gasteiger partial charge in [0.25, 0.3) is 0 Å². The minimum absolute atomic E-state index is 0.00612. The molecule has 0 spiro atoms. The van der Waals surface area contributed by atoms with Crippen LogP contribution in [0, 0.1) is 6.92 Å². The Hall–Kier alpha value is -8.28. The van der Waals surface area contributed by atoms with Crippen molar-refractivity contribution in [2.75, 3.05) is 14.6 Å². The van der Waals surface area contributed by atoms with Crippen LogP contribution >= 0.6 is 0 Å². The first-order chi connectivity index (χ1) is 37.1. The van der Waals surface area contributed by atoms with Crippen LogP contribution in [0.15, 0.2) is 211 Å². The molecule has 0 unspecified atom stereocenters. The molecule has 0 N–H and O–H groups in total. The predicted octanol–water partition coefficient (Wildman–Crippen LogP) is 18.9. The van der Waals surface area contributed by atoms with E-state index >= 15 is 0 Å². The number of anilines is 8. The van der Waals surface area contributed by atoms with Crippen molar-refractivity contribution >= 4 is 96.0 Å². The number of rotatable bonds is 12. The molecule has 1 aromatic heterocycles. The van der Waals surface area contributed by atoms with Crippen LogP contribution in [-0.2, 0) is 18.3 Å². The molecule has 4 nitrogen and oxygen atoms in total. The highest BCUT2D eigenvalue weighted by Gasteiger charge is 2.47. The molecule has 76 heavy (non-hydrogen) atoms. The van der Waals surface area contributed by atoms with Crippen LogP contribution in [0.25, 0.3) is 55.0 Å². The van der Waals surface area contributed by atoms with Crippen molar-refractivity contribution in [3.63, 3.8) is 0 Å². The highest BCUT2D eigenvalue weighted by Crippen LogP contribution is 2.53. The maximum atomic E-state index is 7.25. The second kappa shape index (κ2) is 19.1. The SMILES string of the molecule is CCCCc1ccc(N(c2ccc(CCCC)cc2)c2ccc3c(c2)B2c4c(cc5c(oc6ccccc65)c4N3c3ccc(-c4ccccc4)cc3C)-c3cc4ccccc4cc3N2c2ccc(C(C)(C)C)cc2)cc1. The lowest BCUT2D eigenvalue weighted by molar-refractivity contribution is 0.590. The summed E-state index contributed by atoms with van der Waals surface area (Å²) >= 11 is 0. The molecule has 0 radical (unpaired) electrons. The molecule has 0 saturated carbocycles. The van der Waals surface area contributed by atoms with Gasteiger partial charge >= 0.3 is 6.85 Å². The zero-order valence-electron chi connectivity index (χ0n) is 44.7. The third-order valence-electron chi connectivity index (χ3n) is 16.2. The quantitative estimate of drug-likeness (QED) is 0.114. The largest absolute Gasteiger partial charge is 0.454 e. The summed E-state index contributed by atoms with van der Waals surface area (Å²) in [5.74, 6) is 0. The Morgan fingerprint density at radius 2 is 1.13 bits per heavy atom. The molecule has 0 fully saturated rings. The van der Waals surface area contributed by atoms with Gasteiger partial charge in [0.2, 0.25) is 0 Å². The van der Waals surface area contributed by atoms with Crippen LogP contribution in [0.1, 0.15) is 82.6 Å². The van der Waals surface area contributed by atoms with Crippen LogP contribution < -0.4 is 25.5 Å². The Morgan fingerprint density at radius 1 is 0.513 bits per heavy atom. The number of hydrogen-bond acceptors (Lipinski definition) is 4. The number of fused-ring (bicyclic) bond motifs is 9. The first kappa shape index (κ1) is 47.4. The van der Waals surface area contributed by atoms with Crippen LogP contribution in [0.5, 0.6) is 0 Å². The molecule has 2 aliphatic rings. The number of hydrogen-bond donors (Lipinski definition) is 0. The Kier molecular flexibility index (Phi) is 11.9. The average molecular weight is 986 g/mol.